The molecular formula is C14H15ClN2S. The number of para-hydroxylation sites is 1. The Hall–Kier alpha value is -1.29. The summed E-state index contributed by atoms with van der Waals surface area (Å²) in [5.41, 5.74) is 8.77. The molecule has 0 fully saturated rings. The molecular weight excluding hydrogens is 264 g/mol. The molecule has 3 rings (SSSR count). The minimum absolute atomic E-state index is 0. The van der Waals surface area contributed by atoms with Crippen LogP contribution in [0, 0.1) is 0 Å². The van der Waals surface area contributed by atoms with Crippen LogP contribution in [0.4, 0.5) is 0 Å². The van der Waals surface area contributed by atoms with Crippen molar-refractivity contribution in [2.24, 2.45) is 12.8 Å². The zero-order valence-electron chi connectivity index (χ0n) is 10.0. The van der Waals surface area contributed by atoms with Crippen molar-refractivity contribution in [2.45, 2.75) is 6.04 Å². The van der Waals surface area contributed by atoms with Gasteiger partial charge in [-0.1, -0.05) is 24.3 Å². The Morgan fingerprint density at radius 1 is 1.17 bits per heavy atom. The first kappa shape index (κ1) is 13.1. The predicted octanol–water partition coefficient (Wildman–Crippen LogP) is 3.71. The van der Waals surface area contributed by atoms with Crippen LogP contribution in [0.3, 0.4) is 0 Å². The number of aromatic nitrogens is 1. The Kier molecular flexibility index (Phi) is 3.76. The maximum Gasteiger partial charge on any atom is 0.0667 e. The van der Waals surface area contributed by atoms with Gasteiger partial charge in [0.2, 0.25) is 0 Å². The fraction of sp³-hybridized carbons (Fsp3) is 0.143. The molecule has 0 aliphatic rings. The molecule has 2 heterocycles. The summed E-state index contributed by atoms with van der Waals surface area (Å²) in [7, 11) is 2.06. The third-order valence-corrected chi connectivity index (χ3v) is 4.07. The van der Waals surface area contributed by atoms with Gasteiger partial charge in [0.25, 0.3) is 0 Å². The van der Waals surface area contributed by atoms with Gasteiger partial charge in [0, 0.05) is 29.0 Å². The van der Waals surface area contributed by atoms with Crippen molar-refractivity contribution in [2.75, 3.05) is 0 Å². The van der Waals surface area contributed by atoms with Crippen LogP contribution in [0.2, 0.25) is 0 Å². The van der Waals surface area contributed by atoms with E-state index < -0.39 is 0 Å². The molecule has 4 heteroatoms. The molecule has 0 unspecified atom stereocenters. The number of rotatable bonds is 2. The van der Waals surface area contributed by atoms with Crippen LogP contribution in [0.1, 0.15) is 16.5 Å². The number of thiophene rings is 1. The van der Waals surface area contributed by atoms with Crippen molar-refractivity contribution in [1.82, 2.24) is 4.57 Å². The Morgan fingerprint density at radius 3 is 2.67 bits per heavy atom. The number of hydrogen-bond acceptors (Lipinski definition) is 2. The van der Waals surface area contributed by atoms with Gasteiger partial charge < -0.3 is 10.3 Å². The topological polar surface area (TPSA) is 30.9 Å². The van der Waals surface area contributed by atoms with Crippen LogP contribution in [0.25, 0.3) is 10.9 Å². The van der Waals surface area contributed by atoms with Crippen molar-refractivity contribution in [3.05, 3.63) is 58.4 Å². The van der Waals surface area contributed by atoms with Gasteiger partial charge in [-0.3, -0.25) is 0 Å². The molecule has 0 aliphatic heterocycles. The lowest BCUT2D eigenvalue weighted by molar-refractivity contribution is 0.878. The van der Waals surface area contributed by atoms with Gasteiger partial charge in [0.05, 0.1) is 6.04 Å². The van der Waals surface area contributed by atoms with Crippen LogP contribution >= 0.6 is 23.7 Å². The molecule has 94 valence electrons. The van der Waals surface area contributed by atoms with E-state index in [2.05, 4.69) is 53.5 Å². The van der Waals surface area contributed by atoms with Crippen molar-refractivity contribution < 1.29 is 0 Å². The van der Waals surface area contributed by atoms with Crippen LogP contribution in [-0.2, 0) is 7.05 Å². The highest BCUT2D eigenvalue weighted by atomic mass is 35.5. The average Bonchev–Trinajstić information content (AvgIpc) is 2.97. The van der Waals surface area contributed by atoms with E-state index in [0.29, 0.717) is 0 Å². The summed E-state index contributed by atoms with van der Waals surface area (Å²) in [6.45, 7) is 0. The molecule has 2 nitrogen and oxygen atoms in total. The van der Waals surface area contributed by atoms with Gasteiger partial charge in [0.1, 0.15) is 0 Å². The van der Waals surface area contributed by atoms with Crippen LogP contribution in [0.5, 0.6) is 0 Å². The maximum atomic E-state index is 6.34. The minimum atomic E-state index is -0.0268. The molecule has 0 saturated carbocycles. The Morgan fingerprint density at radius 2 is 1.94 bits per heavy atom. The lowest BCUT2D eigenvalue weighted by Crippen LogP contribution is -2.09. The molecule has 0 amide bonds. The second-order valence-electron chi connectivity index (χ2n) is 4.21. The van der Waals surface area contributed by atoms with Gasteiger partial charge in [-0.05, 0) is 23.1 Å². The van der Waals surface area contributed by atoms with E-state index in [1.807, 2.05) is 6.07 Å². The Labute approximate surface area is 116 Å². The fourth-order valence-electron chi connectivity index (χ4n) is 2.24. The maximum absolute atomic E-state index is 6.34. The monoisotopic (exact) mass is 278 g/mol. The molecule has 1 atom stereocenters. The average molecular weight is 279 g/mol. The molecule has 0 spiro atoms. The fourth-order valence-corrected chi connectivity index (χ4v) is 2.99. The minimum Gasteiger partial charge on any atom is -0.350 e. The van der Waals surface area contributed by atoms with Gasteiger partial charge in [0.15, 0.2) is 0 Å². The van der Waals surface area contributed by atoms with E-state index in [4.69, 9.17) is 5.73 Å². The number of fused-ring (bicyclic) bond motifs is 1. The van der Waals surface area contributed by atoms with E-state index in [9.17, 15) is 0 Å². The van der Waals surface area contributed by atoms with Crippen LogP contribution in [0.15, 0.2) is 48.0 Å². The number of hydrogen-bond donors (Lipinski definition) is 1. The Bertz CT molecular complexity index is 643. The zero-order chi connectivity index (χ0) is 11.8. The summed E-state index contributed by atoms with van der Waals surface area (Å²) in [5.74, 6) is 0. The standard InChI is InChI=1S/C14H14N2S.ClH/c1-16-9-11(10-5-2-3-6-12(10)16)14(15)13-7-4-8-17-13;/h2-9,14H,15H2,1H3;1H/t14-;/m1./s1. The normalized spacial score (nSPS) is 12.3. The SMILES string of the molecule is Cl.Cn1cc([C@@H](N)c2cccs2)c2ccccc21. The van der Waals surface area contributed by atoms with Gasteiger partial charge in [-0.2, -0.15) is 0 Å². The summed E-state index contributed by atoms with van der Waals surface area (Å²) in [6.07, 6.45) is 2.13. The highest BCUT2D eigenvalue weighted by Crippen LogP contribution is 2.30. The third kappa shape index (κ3) is 2.05. The van der Waals surface area contributed by atoms with Crippen LogP contribution in [-0.4, -0.2) is 4.57 Å². The lowest BCUT2D eigenvalue weighted by Gasteiger charge is -2.07. The summed E-state index contributed by atoms with van der Waals surface area (Å²) in [6, 6.07) is 12.5. The van der Waals surface area contributed by atoms with Crippen molar-refractivity contribution >= 4 is 34.6 Å². The highest BCUT2D eigenvalue weighted by molar-refractivity contribution is 7.10. The molecule has 18 heavy (non-hydrogen) atoms. The number of nitrogens with two attached hydrogens (primary N) is 1. The van der Waals surface area contributed by atoms with E-state index in [0.717, 1.165) is 0 Å². The molecule has 2 aromatic heterocycles. The summed E-state index contributed by atoms with van der Waals surface area (Å²) in [5, 5.41) is 3.32. The number of benzene rings is 1. The Balaban J connectivity index is 0.00000120. The second-order valence-corrected chi connectivity index (χ2v) is 5.18. The molecule has 2 N–H and O–H groups in total. The molecule has 0 aliphatic carbocycles. The van der Waals surface area contributed by atoms with E-state index in [-0.39, 0.29) is 18.4 Å². The second kappa shape index (κ2) is 5.14. The molecule has 3 aromatic rings. The summed E-state index contributed by atoms with van der Waals surface area (Å²) in [4.78, 5) is 1.21. The first-order chi connectivity index (χ1) is 8.27. The van der Waals surface area contributed by atoms with Crippen molar-refractivity contribution in [3.8, 4) is 0 Å². The lowest BCUT2D eigenvalue weighted by atomic mass is 10.1. The van der Waals surface area contributed by atoms with Crippen molar-refractivity contribution in [3.63, 3.8) is 0 Å². The van der Waals surface area contributed by atoms with E-state index >= 15 is 0 Å². The predicted molar refractivity (Wildman–Crippen MR) is 80.5 cm³/mol. The first-order valence-corrected chi connectivity index (χ1v) is 6.48. The highest BCUT2D eigenvalue weighted by Gasteiger charge is 2.15. The van der Waals surface area contributed by atoms with Gasteiger partial charge >= 0.3 is 0 Å². The summed E-state index contributed by atoms with van der Waals surface area (Å²) < 4.78 is 2.14. The summed E-state index contributed by atoms with van der Waals surface area (Å²) >= 11 is 1.71. The molecule has 0 saturated heterocycles. The third-order valence-electron chi connectivity index (χ3n) is 3.11. The number of halogens is 1. The van der Waals surface area contributed by atoms with Gasteiger partial charge in [-0.15, -0.1) is 23.7 Å². The largest absolute Gasteiger partial charge is 0.350 e. The van der Waals surface area contributed by atoms with E-state index in [1.54, 1.807) is 11.3 Å². The molecule has 0 bridgehead atoms. The van der Waals surface area contributed by atoms with E-state index in [1.165, 1.54) is 21.3 Å². The van der Waals surface area contributed by atoms with Crippen molar-refractivity contribution in [1.29, 1.82) is 0 Å². The first-order valence-electron chi connectivity index (χ1n) is 5.60. The molecule has 0 radical (unpaired) electrons. The van der Waals surface area contributed by atoms with Crippen LogP contribution < -0.4 is 5.73 Å². The number of nitrogens with zero attached hydrogens (tertiary/aromatic N) is 1. The smallest absolute Gasteiger partial charge is 0.0667 e. The van der Waals surface area contributed by atoms with Gasteiger partial charge in [-0.25, -0.2) is 0 Å². The quantitative estimate of drug-likeness (QED) is 0.761. The zero-order valence-corrected chi connectivity index (χ0v) is 11.7. The number of aryl methyl sites for hydroxylation is 1. The molecule has 1 aromatic carbocycles.